The standard InChI is InChI=1S/C14H17ClN2O/c1-3-7-16-9-14-17-8-13(18-14)11-5-4-6-12(15)10(11)2/h4-6,8,16H,3,7,9H2,1-2H3. The average molecular weight is 265 g/mol. The molecule has 18 heavy (non-hydrogen) atoms. The monoisotopic (exact) mass is 264 g/mol. The van der Waals surface area contributed by atoms with Gasteiger partial charge in [0.2, 0.25) is 5.89 Å². The highest BCUT2D eigenvalue weighted by atomic mass is 35.5. The van der Waals surface area contributed by atoms with E-state index >= 15 is 0 Å². The van der Waals surface area contributed by atoms with Gasteiger partial charge < -0.3 is 9.73 Å². The van der Waals surface area contributed by atoms with E-state index < -0.39 is 0 Å². The van der Waals surface area contributed by atoms with Gasteiger partial charge in [0.05, 0.1) is 12.7 Å². The second kappa shape index (κ2) is 6.03. The van der Waals surface area contributed by atoms with Crippen LogP contribution < -0.4 is 5.32 Å². The van der Waals surface area contributed by atoms with Gasteiger partial charge in [0.15, 0.2) is 5.76 Å². The van der Waals surface area contributed by atoms with Gasteiger partial charge in [-0.05, 0) is 31.5 Å². The fraction of sp³-hybridized carbons (Fsp3) is 0.357. The van der Waals surface area contributed by atoms with Crippen LogP contribution in [0.1, 0.15) is 24.8 Å². The van der Waals surface area contributed by atoms with Crippen LogP contribution in [0.25, 0.3) is 11.3 Å². The molecule has 0 unspecified atom stereocenters. The molecule has 2 aromatic rings. The molecule has 1 aromatic heterocycles. The van der Waals surface area contributed by atoms with E-state index in [1.54, 1.807) is 6.20 Å². The number of rotatable bonds is 5. The van der Waals surface area contributed by atoms with Crippen molar-refractivity contribution in [2.45, 2.75) is 26.8 Å². The summed E-state index contributed by atoms with van der Waals surface area (Å²) in [7, 11) is 0. The van der Waals surface area contributed by atoms with Crippen LogP contribution in [0.2, 0.25) is 5.02 Å². The van der Waals surface area contributed by atoms with Gasteiger partial charge >= 0.3 is 0 Å². The van der Waals surface area contributed by atoms with E-state index in [9.17, 15) is 0 Å². The molecule has 0 aliphatic carbocycles. The van der Waals surface area contributed by atoms with Crippen molar-refractivity contribution in [2.24, 2.45) is 0 Å². The molecule has 1 aromatic carbocycles. The zero-order valence-electron chi connectivity index (χ0n) is 10.7. The maximum absolute atomic E-state index is 6.10. The zero-order valence-corrected chi connectivity index (χ0v) is 11.4. The molecule has 0 aliphatic heterocycles. The summed E-state index contributed by atoms with van der Waals surface area (Å²) >= 11 is 6.10. The molecule has 0 saturated carbocycles. The Kier molecular flexibility index (Phi) is 4.39. The molecule has 0 aliphatic rings. The maximum Gasteiger partial charge on any atom is 0.208 e. The third kappa shape index (κ3) is 2.92. The van der Waals surface area contributed by atoms with Gasteiger partial charge in [-0.3, -0.25) is 0 Å². The highest BCUT2D eigenvalue weighted by molar-refractivity contribution is 6.31. The molecular weight excluding hydrogens is 248 g/mol. The molecule has 0 fully saturated rings. The molecule has 1 N–H and O–H groups in total. The molecule has 2 rings (SSSR count). The maximum atomic E-state index is 6.10. The smallest absolute Gasteiger partial charge is 0.208 e. The highest BCUT2D eigenvalue weighted by Crippen LogP contribution is 2.28. The molecule has 96 valence electrons. The summed E-state index contributed by atoms with van der Waals surface area (Å²) in [5, 5.41) is 4.00. The topological polar surface area (TPSA) is 38.1 Å². The molecular formula is C14H17ClN2O. The van der Waals surface area contributed by atoms with Crippen LogP contribution in [0, 0.1) is 6.92 Å². The summed E-state index contributed by atoms with van der Waals surface area (Å²) in [5.41, 5.74) is 2.01. The lowest BCUT2D eigenvalue weighted by atomic mass is 10.1. The Bertz CT molecular complexity index is 522. The number of hydrogen-bond acceptors (Lipinski definition) is 3. The minimum atomic E-state index is 0.660. The number of aromatic nitrogens is 1. The van der Waals surface area contributed by atoms with Crippen molar-refractivity contribution in [2.75, 3.05) is 6.54 Å². The minimum Gasteiger partial charge on any atom is -0.439 e. The van der Waals surface area contributed by atoms with E-state index in [1.165, 1.54) is 0 Å². The van der Waals surface area contributed by atoms with Crippen LogP contribution in [0.3, 0.4) is 0 Å². The molecule has 0 saturated heterocycles. The Labute approximate surface area is 112 Å². The third-order valence-corrected chi connectivity index (χ3v) is 3.20. The Balaban J connectivity index is 2.16. The van der Waals surface area contributed by atoms with Crippen LogP contribution in [0.4, 0.5) is 0 Å². The van der Waals surface area contributed by atoms with Gasteiger partial charge in [-0.15, -0.1) is 0 Å². The Morgan fingerprint density at radius 1 is 1.39 bits per heavy atom. The van der Waals surface area contributed by atoms with Crippen LogP contribution in [0.5, 0.6) is 0 Å². The van der Waals surface area contributed by atoms with E-state index in [2.05, 4.69) is 17.2 Å². The second-order valence-corrected chi connectivity index (χ2v) is 4.61. The normalized spacial score (nSPS) is 10.8. The van der Waals surface area contributed by atoms with Crippen molar-refractivity contribution in [3.05, 3.63) is 40.9 Å². The lowest BCUT2D eigenvalue weighted by molar-refractivity contribution is 0.477. The van der Waals surface area contributed by atoms with Crippen LogP contribution in [0.15, 0.2) is 28.8 Å². The van der Waals surface area contributed by atoms with Crippen molar-refractivity contribution >= 4 is 11.6 Å². The van der Waals surface area contributed by atoms with E-state index in [0.29, 0.717) is 12.4 Å². The van der Waals surface area contributed by atoms with Crippen molar-refractivity contribution in [3.8, 4) is 11.3 Å². The lowest BCUT2D eigenvalue weighted by Crippen LogP contribution is -2.13. The van der Waals surface area contributed by atoms with Crippen molar-refractivity contribution in [3.63, 3.8) is 0 Å². The molecule has 0 radical (unpaired) electrons. The predicted molar refractivity (Wildman–Crippen MR) is 73.7 cm³/mol. The summed E-state index contributed by atoms with van der Waals surface area (Å²) in [6.45, 7) is 5.74. The van der Waals surface area contributed by atoms with Crippen LogP contribution in [-0.2, 0) is 6.54 Å². The number of oxazole rings is 1. The average Bonchev–Trinajstić information content (AvgIpc) is 2.82. The van der Waals surface area contributed by atoms with E-state index in [1.807, 2.05) is 25.1 Å². The fourth-order valence-electron chi connectivity index (χ4n) is 1.76. The summed E-state index contributed by atoms with van der Waals surface area (Å²) < 4.78 is 5.72. The number of nitrogens with one attached hydrogen (secondary N) is 1. The van der Waals surface area contributed by atoms with E-state index in [-0.39, 0.29) is 0 Å². The predicted octanol–water partition coefficient (Wildman–Crippen LogP) is 3.80. The van der Waals surface area contributed by atoms with Gasteiger partial charge in [-0.25, -0.2) is 4.98 Å². The summed E-state index contributed by atoms with van der Waals surface area (Å²) in [6.07, 6.45) is 2.85. The van der Waals surface area contributed by atoms with E-state index in [4.69, 9.17) is 16.0 Å². The first kappa shape index (κ1) is 13.1. The number of benzene rings is 1. The first-order valence-electron chi connectivity index (χ1n) is 6.13. The Morgan fingerprint density at radius 2 is 2.22 bits per heavy atom. The van der Waals surface area contributed by atoms with Gasteiger partial charge in [0.1, 0.15) is 0 Å². The molecule has 3 nitrogen and oxygen atoms in total. The van der Waals surface area contributed by atoms with Crippen molar-refractivity contribution in [1.29, 1.82) is 0 Å². The second-order valence-electron chi connectivity index (χ2n) is 4.21. The molecule has 4 heteroatoms. The molecule has 0 amide bonds. The minimum absolute atomic E-state index is 0.660. The number of hydrogen-bond donors (Lipinski definition) is 1. The van der Waals surface area contributed by atoms with Crippen LogP contribution in [-0.4, -0.2) is 11.5 Å². The summed E-state index contributed by atoms with van der Waals surface area (Å²) in [6, 6.07) is 5.79. The van der Waals surface area contributed by atoms with E-state index in [0.717, 1.165) is 34.9 Å². The highest BCUT2D eigenvalue weighted by Gasteiger charge is 2.10. The SMILES string of the molecule is CCCNCc1ncc(-c2cccc(Cl)c2C)o1. The third-order valence-electron chi connectivity index (χ3n) is 2.79. The van der Waals surface area contributed by atoms with Crippen molar-refractivity contribution < 1.29 is 4.42 Å². The van der Waals surface area contributed by atoms with Gasteiger partial charge in [0.25, 0.3) is 0 Å². The van der Waals surface area contributed by atoms with Crippen molar-refractivity contribution in [1.82, 2.24) is 10.3 Å². The first-order valence-corrected chi connectivity index (χ1v) is 6.51. The number of halogens is 1. The molecule has 0 spiro atoms. The van der Waals surface area contributed by atoms with Gasteiger partial charge in [-0.2, -0.15) is 0 Å². The Hall–Kier alpha value is -1.32. The number of nitrogens with zero attached hydrogens (tertiary/aromatic N) is 1. The molecule has 0 atom stereocenters. The summed E-state index contributed by atoms with van der Waals surface area (Å²) in [4.78, 5) is 4.26. The lowest BCUT2D eigenvalue weighted by Gasteiger charge is -2.03. The largest absolute Gasteiger partial charge is 0.439 e. The molecule has 0 bridgehead atoms. The Morgan fingerprint density at radius 3 is 3.00 bits per heavy atom. The van der Waals surface area contributed by atoms with Gasteiger partial charge in [-0.1, -0.05) is 30.7 Å². The van der Waals surface area contributed by atoms with Crippen LogP contribution >= 0.6 is 11.6 Å². The first-order chi connectivity index (χ1) is 8.72. The fourth-order valence-corrected chi connectivity index (χ4v) is 1.94. The zero-order chi connectivity index (χ0) is 13.0. The van der Waals surface area contributed by atoms with Gasteiger partial charge in [0, 0.05) is 10.6 Å². The summed E-state index contributed by atoms with van der Waals surface area (Å²) in [5.74, 6) is 1.47. The molecule has 1 heterocycles. The quantitative estimate of drug-likeness (QED) is 0.835.